The smallest absolute Gasteiger partial charge is 0.416 e. The standard InChI is InChI=1S/C35H23F10NO5/c1-16-8-18(31(47)48)4-6-24(16)26-13-27(29(50-3)14-28(26)36)25-7-5-21(33(37,38)39)11-20(25)15-46-17(2)30(51-32(46)49)19-9-22(34(40,41)42)12-23(10-19)35(43,44)45/h4-14,30H,2,15H2,1,3H3,(H,47,48)/t30-/m0/s1. The van der Waals surface area contributed by atoms with Crippen LogP contribution in [0.2, 0.25) is 0 Å². The summed E-state index contributed by atoms with van der Waals surface area (Å²) in [5.41, 5.74) is -5.70. The lowest BCUT2D eigenvalue weighted by Crippen LogP contribution is -2.23. The number of cyclic esters (lactones) is 1. The highest BCUT2D eigenvalue weighted by atomic mass is 19.4. The van der Waals surface area contributed by atoms with Crippen LogP contribution in [-0.2, 0) is 29.8 Å². The summed E-state index contributed by atoms with van der Waals surface area (Å²) in [6, 6.07) is 8.97. The van der Waals surface area contributed by atoms with Gasteiger partial charge in [-0.05, 0) is 83.3 Å². The normalized spacial score (nSPS) is 15.3. The molecule has 1 heterocycles. The van der Waals surface area contributed by atoms with Gasteiger partial charge in [-0.2, -0.15) is 39.5 Å². The maximum absolute atomic E-state index is 15.5. The molecule has 1 saturated heterocycles. The van der Waals surface area contributed by atoms with Gasteiger partial charge in [-0.15, -0.1) is 0 Å². The number of aryl methyl sites for hydroxylation is 1. The van der Waals surface area contributed by atoms with E-state index in [4.69, 9.17) is 9.47 Å². The zero-order valence-corrected chi connectivity index (χ0v) is 26.1. The first-order valence-corrected chi connectivity index (χ1v) is 14.5. The molecular formula is C35H23F10NO5. The molecule has 1 aliphatic heterocycles. The summed E-state index contributed by atoms with van der Waals surface area (Å²) in [5, 5.41) is 9.32. The van der Waals surface area contributed by atoms with E-state index in [-0.39, 0.29) is 45.2 Å². The van der Waals surface area contributed by atoms with Crippen molar-refractivity contribution in [1.82, 2.24) is 4.90 Å². The topological polar surface area (TPSA) is 76.1 Å². The van der Waals surface area contributed by atoms with Crippen molar-refractivity contribution in [3.63, 3.8) is 0 Å². The van der Waals surface area contributed by atoms with E-state index in [1.807, 2.05) is 0 Å². The van der Waals surface area contributed by atoms with Crippen LogP contribution in [0.4, 0.5) is 48.7 Å². The van der Waals surface area contributed by atoms with Crippen molar-refractivity contribution in [2.24, 2.45) is 0 Å². The zero-order valence-electron chi connectivity index (χ0n) is 26.1. The minimum Gasteiger partial charge on any atom is -0.496 e. The Bertz CT molecular complexity index is 2040. The van der Waals surface area contributed by atoms with E-state index >= 15 is 4.39 Å². The monoisotopic (exact) mass is 727 g/mol. The Morgan fingerprint density at radius 2 is 1.39 bits per heavy atom. The Morgan fingerprint density at radius 1 is 0.804 bits per heavy atom. The second kappa shape index (κ2) is 13.0. The summed E-state index contributed by atoms with van der Waals surface area (Å²) in [5.74, 6) is -2.25. The quantitative estimate of drug-likeness (QED) is 0.192. The highest BCUT2D eigenvalue weighted by Crippen LogP contribution is 2.45. The van der Waals surface area contributed by atoms with E-state index in [2.05, 4.69) is 6.58 Å². The highest BCUT2D eigenvalue weighted by Gasteiger charge is 2.42. The lowest BCUT2D eigenvalue weighted by molar-refractivity contribution is -0.143. The number of carbonyl (C=O) groups excluding carboxylic acids is 1. The fraction of sp³-hybridized carbons (Fsp3) is 0.200. The number of carboxylic acids is 1. The number of methoxy groups -OCH3 is 1. The van der Waals surface area contributed by atoms with Gasteiger partial charge in [-0.25, -0.2) is 14.0 Å². The minimum absolute atomic E-state index is 0.0155. The molecule has 4 aromatic carbocycles. The van der Waals surface area contributed by atoms with Crippen LogP contribution < -0.4 is 4.74 Å². The van der Waals surface area contributed by atoms with Gasteiger partial charge in [0.05, 0.1) is 41.6 Å². The first-order valence-electron chi connectivity index (χ1n) is 14.5. The summed E-state index contributed by atoms with van der Waals surface area (Å²) >= 11 is 0. The molecule has 4 aromatic rings. The van der Waals surface area contributed by atoms with E-state index in [1.54, 1.807) is 0 Å². The van der Waals surface area contributed by atoms with Crippen LogP contribution in [0.3, 0.4) is 0 Å². The van der Waals surface area contributed by atoms with E-state index in [9.17, 15) is 54.2 Å². The van der Waals surface area contributed by atoms with Gasteiger partial charge in [-0.1, -0.05) is 18.7 Å². The summed E-state index contributed by atoms with van der Waals surface area (Å²) in [7, 11) is 1.16. The van der Waals surface area contributed by atoms with Gasteiger partial charge in [0, 0.05) is 17.2 Å². The predicted octanol–water partition coefficient (Wildman–Crippen LogP) is 10.4. The van der Waals surface area contributed by atoms with Gasteiger partial charge in [0.1, 0.15) is 11.6 Å². The first-order chi connectivity index (χ1) is 23.6. The molecule has 1 N–H and O–H groups in total. The van der Waals surface area contributed by atoms with E-state index in [0.29, 0.717) is 34.7 Å². The molecule has 1 amide bonds. The third-order valence-electron chi connectivity index (χ3n) is 8.11. The molecule has 6 nitrogen and oxygen atoms in total. The Labute approximate surface area is 282 Å². The Hall–Kier alpha value is -5.54. The van der Waals surface area contributed by atoms with Crippen LogP contribution in [0, 0.1) is 12.7 Å². The summed E-state index contributed by atoms with van der Waals surface area (Å²) in [6.45, 7) is 4.34. The molecule has 0 bridgehead atoms. The number of nitrogens with zero attached hydrogens (tertiary/aromatic N) is 1. The number of aromatic carboxylic acids is 1. The molecule has 0 saturated carbocycles. The Balaban J connectivity index is 1.62. The Kier molecular flexibility index (Phi) is 9.34. The average Bonchev–Trinajstić information content (AvgIpc) is 3.31. The van der Waals surface area contributed by atoms with Crippen LogP contribution in [0.25, 0.3) is 22.3 Å². The molecule has 1 fully saturated rings. The number of hydrogen-bond donors (Lipinski definition) is 1. The fourth-order valence-electron chi connectivity index (χ4n) is 5.62. The molecule has 5 rings (SSSR count). The molecule has 268 valence electrons. The number of alkyl halides is 9. The lowest BCUT2D eigenvalue weighted by atomic mass is 9.91. The van der Waals surface area contributed by atoms with Gasteiger partial charge >= 0.3 is 30.6 Å². The number of carbonyl (C=O) groups is 2. The fourth-order valence-corrected chi connectivity index (χ4v) is 5.62. The molecule has 0 unspecified atom stereocenters. The third kappa shape index (κ3) is 7.35. The summed E-state index contributed by atoms with van der Waals surface area (Å²) < 4.78 is 149. The summed E-state index contributed by atoms with van der Waals surface area (Å²) in [4.78, 5) is 25.1. The van der Waals surface area contributed by atoms with E-state index in [0.717, 1.165) is 19.2 Å². The molecule has 0 aliphatic carbocycles. The number of halogens is 10. The maximum atomic E-state index is 15.5. The SMILES string of the molecule is C=C1[C@@H](c2cc(C(F)(F)F)cc(C(F)(F)F)c2)OC(=O)N1Cc1cc(C(F)(F)F)ccc1-c1cc(-c2ccc(C(=O)O)cc2C)c(F)cc1OC. The maximum Gasteiger partial charge on any atom is 0.416 e. The number of ether oxygens (including phenoxy) is 2. The van der Waals surface area contributed by atoms with Crippen molar-refractivity contribution in [3.8, 4) is 28.0 Å². The number of carboxylic acid groups (broad SMARTS) is 1. The van der Waals surface area contributed by atoms with Crippen molar-refractivity contribution in [1.29, 1.82) is 0 Å². The van der Waals surface area contributed by atoms with Crippen molar-refractivity contribution in [2.75, 3.05) is 7.11 Å². The molecule has 0 aromatic heterocycles. The molecule has 1 atom stereocenters. The van der Waals surface area contributed by atoms with Gasteiger partial charge in [0.15, 0.2) is 6.10 Å². The lowest BCUT2D eigenvalue weighted by Gasteiger charge is -2.22. The van der Waals surface area contributed by atoms with Gasteiger partial charge < -0.3 is 14.6 Å². The highest BCUT2D eigenvalue weighted by molar-refractivity contribution is 5.89. The third-order valence-corrected chi connectivity index (χ3v) is 8.11. The summed E-state index contributed by atoms with van der Waals surface area (Å²) in [6.07, 6.45) is -18.6. The second-order valence-corrected chi connectivity index (χ2v) is 11.4. The van der Waals surface area contributed by atoms with Gasteiger partial charge in [0.25, 0.3) is 0 Å². The largest absolute Gasteiger partial charge is 0.496 e. The van der Waals surface area contributed by atoms with Crippen LogP contribution in [0.15, 0.2) is 79.0 Å². The van der Waals surface area contributed by atoms with Crippen LogP contribution >= 0.6 is 0 Å². The van der Waals surface area contributed by atoms with Gasteiger partial charge in [0.2, 0.25) is 0 Å². The van der Waals surface area contributed by atoms with Crippen LogP contribution in [0.1, 0.15) is 49.8 Å². The molecule has 16 heteroatoms. The molecule has 51 heavy (non-hydrogen) atoms. The predicted molar refractivity (Wildman–Crippen MR) is 161 cm³/mol. The van der Waals surface area contributed by atoms with E-state index < -0.39 is 77.0 Å². The van der Waals surface area contributed by atoms with Crippen LogP contribution in [-0.4, -0.2) is 29.2 Å². The number of rotatable bonds is 7. The van der Waals surface area contributed by atoms with Gasteiger partial charge in [-0.3, -0.25) is 4.90 Å². The molecule has 0 radical (unpaired) electrons. The van der Waals surface area contributed by atoms with Crippen LogP contribution in [0.5, 0.6) is 5.75 Å². The zero-order chi connectivity index (χ0) is 37.8. The van der Waals surface area contributed by atoms with Crippen molar-refractivity contribution in [2.45, 2.75) is 38.1 Å². The number of benzene rings is 4. The minimum atomic E-state index is -5.23. The molecule has 0 spiro atoms. The second-order valence-electron chi connectivity index (χ2n) is 11.4. The van der Waals surface area contributed by atoms with Crippen molar-refractivity contribution in [3.05, 3.63) is 124 Å². The number of amides is 1. The molecular weight excluding hydrogens is 704 g/mol. The number of hydrogen-bond acceptors (Lipinski definition) is 4. The Morgan fingerprint density at radius 3 is 1.92 bits per heavy atom. The average molecular weight is 728 g/mol. The first kappa shape index (κ1) is 36.7. The van der Waals surface area contributed by atoms with Crippen molar-refractivity contribution >= 4 is 12.1 Å². The van der Waals surface area contributed by atoms with E-state index in [1.165, 1.54) is 31.2 Å². The van der Waals surface area contributed by atoms with Crippen molar-refractivity contribution < 1.29 is 68.1 Å². The molecule has 1 aliphatic rings.